The van der Waals surface area contributed by atoms with E-state index in [2.05, 4.69) is 0 Å². The Labute approximate surface area is 134 Å². The van der Waals surface area contributed by atoms with Gasteiger partial charge in [-0.2, -0.15) is 0 Å². The quantitative estimate of drug-likeness (QED) is 0.799. The van der Waals surface area contributed by atoms with Crippen LogP contribution < -0.4 is 5.73 Å². The molecule has 1 rings (SSSR count). The lowest BCUT2D eigenvalue weighted by Gasteiger charge is -2.42. The summed E-state index contributed by atoms with van der Waals surface area (Å²) in [4.78, 5) is 15.8. The molecule has 1 fully saturated rings. The van der Waals surface area contributed by atoms with Crippen molar-refractivity contribution < 1.29 is 14.6 Å². The molecule has 1 atom stereocenters. The van der Waals surface area contributed by atoms with E-state index in [4.69, 9.17) is 10.5 Å². The second kappa shape index (κ2) is 7.62. The normalized spacial score (nSPS) is 20.1. The fourth-order valence-electron chi connectivity index (χ4n) is 2.97. The van der Waals surface area contributed by atoms with Crippen molar-refractivity contribution >= 4 is 6.09 Å². The molecule has 0 spiro atoms. The molecule has 22 heavy (non-hydrogen) atoms. The Hall–Kier alpha value is -0.850. The SMILES string of the molecule is CN(C)C[C@@H](O)CC1(CN)CCN(C(=O)OC(C)(C)C)CC1. The molecule has 3 N–H and O–H groups in total. The molecule has 0 aliphatic carbocycles. The maximum atomic E-state index is 12.1. The van der Waals surface area contributed by atoms with Crippen molar-refractivity contribution in [1.29, 1.82) is 0 Å². The highest BCUT2D eigenvalue weighted by Crippen LogP contribution is 2.35. The number of nitrogens with zero attached hydrogens (tertiary/aromatic N) is 2. The van der Waals surface area contributed by atoms with Crippen LogP contribution in [-0.4, -0.2) is 73.0 Å². The first-order valence-corrected chi connectivity index (χ1v) is 8.08. The number of aliphatic hydroxyl groups is 1. The van der Waals surface area contributed by atoms with E-state index >= 15 is 0 Å². The van der Waals surface area contributed by atoms with Crippen LogP contribution in [0.4, 0.5) is 4.79 Å². The molecule has 1 amide bonds. The Balaban J connectivity index is 2.55. The molecule has 1 aliphatic rings. The third-order valence-electron chi connectivity index (χ3n) is 4.15. The molecule has 0 radical (unpaired) electrons. The Morgan fingerprint density at radius 2 is 1.91 bits per heavy atom. The first-order valence-electron chi connectivity index (χ1n) is 8.08. The maximum absolute atomic E-state index is 12.1. The molecule has 0 aromatic rings. The lowest BCUT2D eigenvalue weighted by Crippen LogP contribution is -2.49. The Morgan fingerprint density at radius 1 is 1.36 bits per heavy atom. The number of aliphatic hydroxyl groups excluding tert-OH is 1. The molecule has 0 saturated carbocycles. The highest BCUT2D eigenvalue weighted by molar-refractivity contribution is 5.68. The van der Waals surface area contributed by atoms with Gasteiger partial charge in [0.25, 0.3) is 0 Å². The van der Waals surface area contributed by atoms with E-state index in [9.17, 15) is 9.90 Å². The van der Waals surface area contributed by atoms with Gasteiger partial charge in [0.05, 0.1) is 6.10 Å². The fourth-order valence-corrected chi connectivity index (χ4v) is 2.97. The Kier molecular flexibility index (Phi) is 6.65. The lowest BCUT2D eigenvalue weighted by atomic mass is 9.74. The predicted octanol–water partition coefficient (Wildman–Crippen LogP) is 1.28. The molecule has 0 aromatic heterocycles. The monoisotopic (exact) mass is 315 g/mol. The molecule has 1 saturated heterocycles. The van der Waals surface area contributed by atoms with Crippen LogP contribution in [0.1, 0.15) is 40.0 Å². The largest absolute Gasteiger partial charge is 0.444 e. The maximum Gasteiger partial charge on any atom is 0.410 e. The number of amides is 1. The third-order valence-corrected chi connectivity index (χ3v) is 4.15. The Morgan fingerprint density at radius 3 is 2.32 bits per heavy atom. The van der Waals surface area contributed by atoms with Crippen molar-refractivity contribution in [1.82, 2.24) is 9.80 Å². The summed E-state index contributed by atoms with van der Waals surface area (Å²) in [5.41, 5.74) is 5.43. The van der Waals surface area contributed by atoms with E-state index in [-0.39, 0.29) is 17.6 Å². The van der Waals surface area contributed by atoms with Crippen molar-refractivity contribution in [2.75, 3.05) is 40.3 Å². The zero-order chi connectivity index (χ0) is 17.0. The topological polar surface area (TPSA) is 79.0 Å². The minimum absolute atomic E-state index is 0.0755. The molecule has 0 aromatic carbocycles. The first-order chi connectivity index (χ1) is 10.1. The van der Waals surface area contributed by atoms with Crippen LogP contribution >= 0.6 is 0 Å². The van der Waals surface area contributed by atoms with Crippen LogP contribution in [0.5, 0.6) is 0 Å². The van der Waals surface area contributed by atoms with Crippen LogP contribution in [0.2, 0.25) is 0 Å². The number of carbonyl (C=O) groups excluding carboxylic acids is 1. The summed E-state index contributed by atoms with van der Waals surface area (Å²) < 4.78 is 5.41. The van der Waals surface area contributed by atoms with Gasteiger partial charge in [0.2, 0.25) is 0 Å². The van der Waals surface area contributed by atoms with E-state index < -0.39 is 5.60 Å². The van der Waals surface area contributed by atoms with Gasteiger partial charge in [-0.1, -0.05) is 0 Å². The number of nitrogens with two attached hydrogens (primary N) is 1. The van der Waals surface area contributed by atoms with Gasteiger partial charge in [0.15, 0.2) is 0 Å². The average Bonchev–Trinajstić information content (AvgIpc) is 2.36. The number of likely N-dealkylation sites (N-methyl/N-ethyl adjacent to an activating group) is 1. The number of piperidine rings is 1. The van der Waals surface area contributed by atoms with E-state index in [0.717, 1.165) is 12.8 Å². The smallest absolute Gasteiger partial charge is 0.410 e. The van der Waals surface area contributed by atoms with Gasteiger partial charge >= 0.3 is 6.09 Å². The molecule has 130 valence electrons. The third kappa shape index (κ3) is 6.10. The summed E-state index contributed by atoms with van der Waals surface area (Å²) in [5, 5.41) is 10.2. The number of carbonyl (C=O) groups is 1. The highest BCUT2D eigenvalue weighted by Gasteiger charge is 2.37. The number of hydrogen-bond donors (Lipinski definition) is 2. The molecule has 0 bridgehead atoms. The van der Waals surface area contributed by atoms with Gasteiger partial charge in [-0.25, -0.2) is 4.79 Å². The van der Waals surface area contributed by atoms with Gasteiger partial charge in [0, 0.05) is 19.6 Å². The minimum Gasteiger partial charge on any atom is -0.444 e. The molecule has 6 nitrogen and oxygen atoms in total. The average molecular weight is 315 g/mol. The molecule has 1 heterocycles. The van der Waals surface area contributed by atoms with Gasteiger partial charge in [-0.3, -0.25) is 0 Å². The van der Waals surface area contributed by atoms with Crippen molar-refractivity contribution in [3.63, 3.8) is 0 Å². The number of rotatable bonds is 5. The number of likely N-dealkylation sites (tertiary alicyclic amines) is 1. The molecule has 6 heteroatoms. The summed E-state index contributed by atoms with van der Waals surface area (Å²) in [6.07, 6.45) is 1.67. The minimum atomic E-state index is -0.471. The van der Waals surface area contributed by atoms with Crippen molar-refractivity contribution in [2.45, 2.75) is 51.7 Å². The van der Waals surface area contributed by atoms with E-state index in [0.29, 0.717) is 32.6 Å². The summed E-state index contributed by atoms with van der Waals surface area (Å²) in [7, 11) is 3.90. The fraction of sp³-hybridized carbons (Fsp3) is 0.938. The molecular formula is C16H33N3O3. The second-order valence-electron chi connectivity index (χ2n) is 7.79. The van der Waals surface area contributed by atoms with Gasteiger partial charge in [0.1, 0.15) is 5.60 Å². The molecular weight excluding hydrogens is 282 g/mol. The van der Waals surface area contributed by atoms with Gasteiger partial charge in [-0.15, -0.1) is 0 Å². The number of hydrogen-bond acceptors (Lipinski definition) is 5. The van der Waals surface area contributed by atoms with Crippen LogP contribution in [0.15, 0.2) is 0 Å². The van der Waals surface area contributed by atoms with Gasteiger partial charge in [-0.05, 0) is 66.1 Å². The summed E-state index contributed by atoms with van der Waals surface area (Å²) in [6.45, 7) is 8.07. The van der Waals surface area contributed by atoms with Crippen LogP contribution in [0, 0.1) is 5.41 Å². The summed E-state index contributed by atoms with van der Waals surface area (Å²) >= 11 is 0. The Bertz CT molecular complexity index is 358. The van der Waals surface area contributed by atoms with Crippen LogP contribution in [-0.2, 0) is 4.74 Å². The van der Waals surface area contributed by atoms with E-state index in [1.807, 2.05) is 39.8 Å². The number of ether oxygens (including phenoxy) is 1. The van der Waals surface area contributed by atoms with E-state index in [1.54, 1.807) is 4.90 Å². The highest BCUT2D eigenvalue weighted by atomic mass is 16.6. The van der Waals surface area contributed by atoms with Crippen molar-refractivity contribution in [3.05, 3.63) is 0 Å². The predicted molar refractivity (Wildman–Crippen MR) is 87.7 cm³/mol. The zero-order valence-corrected chi connectivity index (χ0v) is 14.8. The van der Waals surface area contributed by atoms with Crippen LogP contribution in [0.3, 0.4) is 0 Å². The summed E-state index contributed by atoms with van der Waals surface area (Å²) in [5.74, 6) is 0. The first kappa shape index (κ1) is 19.2. The second-order valence-corrected chi connectivity index (χ2v) is 7.79. The van der Waals surface area contributed by atoms with E-state index in [1.165, 1.54) is 0 Å². The summed E-state index contributed by atoms with van der Waals surface area (Å²) in [6, 6.07) is 0. The zero-order valence-electron chi connectivity index (χ0n) is 14.8. The van der Waals surface area contributed by atoms with Gasteiger partial charge < -0.3 is 25.4 Å². The lowest BCUT2D eigenvalue weighted by molar-refractivity contribution is 0.000711. The van der Waals surface area contributed by atoms with Crippen molar-refractivity contribution in [3.8, 4) is 0 Å². The van der Waals surface area contributed by atoms with Crippen LogP contribution in [0.25, 0.3) is 0 Å². The van der Waals surface area contributed by atoms with Crippen molar-refractivity contribution in [2.24, 2.45) is 11.1 Å². The molecule has 1 aliphatic heterocycles. The molecule has 0 unspecified atom stereocenters. The standard InChI is InChI=1S/C16H33N3O3/c1-15(2,3)22-14(21)19-8-6-16(12-17,7-9-19)10-13(20)11-18(4)5/h13,20H,6-12,17H2,1-5H3/t13-/m0/s1.